The summed E-state index contributed by atoms with van der Waals surface area (Å²) in [5, 5.41) is 0. The zero-order valence-corrected chi connectivity index (χ0v) is 12.5. The van der Waals surface area contributed by atoms with Crippen LogP contribution in [0.25, 0.3) is 0 Å². The molecule has 0 radical (unpaired) electrons. The fraction of sp³-hybridized carbons (Fsp3) is 0.500. The van der Waals surface area contributed by atoms with Crippen LogP contribution in [-0.2, 0) is 9.53 Å². The fourth-order valence-corrected chi connectivity index (χ4v) is 3.11. The van der Waals surface area contributed by atoms with E-state index >= 15 is 0 Å². The minimum absolute atomic E-state index is 0.0562. The quantitative estimate of drug-likeness (QED) is 0.686. The van der Waals surface area contributed by atoms with Crippen LogP contribution in [-0.4, -0.2) is 41.9 Å². The highest BCUT2D eigenvalue weighted by atomic mass is 32.2. The minimum atomic E-state index is -0.367. The van der Waals surface area contributed by atoms with Gasteiger partial charge in [-0.1, -0.05) is 0 Å². The van der Waals surface area contributed by atoms with Crippen molar-refractivity contribution < 1.29 is 13.9 Å². The molecule has 1 saturated heterocycles. The summed E-state index contributed by atoms with van der Waals surface area (Å²) in [4.78, 5) is 14.7. The molecule has 2 rings (SSSR count). The largest absolute Gasteiger partial charge is 0.398 e. The lowest BCUT2D eigenvalue weighted by Gasteiger charge is -2.35. The third kappa shape index (κ3) is 3.86. The number of ether oxygens (including phenoxy) is 1. The maximum absolute atomic E-state index is 12.9. The monoisotopic (exact) mass is 298 g/mol. The van der Waals surface area contributed by atoms with Gasteiger partial charge < -0.3 is 15.4 Å². The SMILES string of the molecule is CC1CN(C(=O)CSc2ccc(F)cc2N)CC(C)O1. The Bertz CT molecular complexity index is 488. The molecule has 1 aromatic carbocycles. The van der Waals surface area contributed by atoms with Crippen molar-refractivity contribution in [2.24, 2.45) is 0 Å². The van der Waals surface area contributed by atoms with E-state index in [1.54, 1.807) is 6.07 Å². The summed E-state index contributed by atoms with van der Waals surface area (Å²) in [6, 6.07) is 4.22. The van der Waals surface area contributed by atoms with Gasteiger partial charge in [0.15, 0.2) is 0 Å². The Labute approximate surface area is 122 Å². The number of thioether (sulfide) groups is 1. The van der Waals surface area contributed by atoms with Crippen LogP contribution in [0.1, 0.15) is 13.8 Å². The highest BCUT2D eigenvalue weighted by molar-refractivity contribution is 8.00. The minimum Gasteiger partial charge on any atom is -0.398 e. The lowest BCUT2D eigenvalue weighted by molar-refractivity contribution is -0.140. The number of halogens is 1. The van der Waals surface area contributed by atoms with Gasteiger partial charge in [0.25, 0.3) is 0 Å². The van der Waals surface area contributed by atoms with Gasteiger partial charge in [0.2, 0.25) is 5.91 Å². The third-order valence-corrected chi connectivity index (χ3v) is 4.17. The maximum Gasteiger partial charge on any atom is 0.233 e. The third-order valence-electron chi connectivity index (χ3n) is 3.10. The number of nitrogens with two attached hydrogens (primary N) is 1. The molecular formula is C14H19FN2O2S. The topological polar surface area (TPSA) is 55.6 Å². The molecule has 1 aromatic rings. The Morgan fingerprint density at radius 3 is 2.70 bits per heavy atom. The van der Waals surface area contributed by atoms with Gasteiger partial charge in [-0.3, -0.25) is 4.79 Å². The predicted octanol–water partition coefficient (Wildman–Crippen LogP) is 2.14. The molecule has 0 spiro atoms. The van der Waals surface area contributed by atoms with Crippen molar-refractivity contribution in [3.05, 3.63) is 24.0 Å². The number of rotatable bonds is 3. The van der Waals surface area contributed by atoms with Crippen LogP contribution in [0.15, 0.2) is 23.1 Å². The number of hydrogen-bond donors (Lipinski definition) is 1. The number of anilines is 1. The van der Waals surface area contributed by atoms with Crippen molar-refractivity contribution in [1.29, 1.82) is 0 Å². The average Bonchev–Trinajstić information content (AvgIpc) is 2.36. The first-order valence-corrected chi connectivity index (χ1v) is 7.55. The number of benzene rings is 1. The van der Waals surface area contributed by atoms with Crippen molar-refractivity contribution in [2.45, 2.75) is 31.0 Å². The van der Waals surface area contributed by atoms with Gasteiger partial charge in [0.1, 0.15) is 5.82 Å². The van der Waals surface area contributed by atoms with E-state index in [2.05, 4.69) is 0 Å². The van der Waals surface area contributed by atoms with E-state index in [0.717, 1.165) is 4.90 Å². The molecule has 2 atom stereocenters. The Morgan fingerprint density at radius 1 is 1.45 bits per heavy atom. The molecule has 1 heterocycles. The molecule has 0 saturated carbocycles. The van der Waals surface area contributed by atoms with Crippen LogP contribution in [0.3, 0.4) is 0 Å². The van der Waals surface area contributed by atoms with Crippen LogP contribution in [0.4, 0.5) is 10.1 Å². The number of amides is 1. The van der Waals surface area contributed by atoms with Crippen LogP contribution >= 0.6 is 11.8 Å². The van der Waals surface area contributed by atoms with Gasteiger partial charge >= 0.3 is 0 Å². The lowest BCUT2D eigenvalue weighted by Crippen LogP contribution is -2.48. The molecule has 0 aromatic heterocycles. The zero-order valence-electron chi connectivity index (χ0n) is 11.6. The second kappa shape index (κ2) is 6.45. The van der Waals surface area contributed by atoms with Crippen LogP contribution in [0, 0.1) is 5.82 Å². The molecule has 1 aliphatic heterocycles. The zero-order chi connectivity index (χ0) is 14.7. The van der Waals surface area contributed by atoms with Crippen molar-refractivity contribution in [3.8, 4) is 0 Å². The van der Waals surface area contributed by atoms with E-state index in [-0.39, 0.29) is 23.9 Å². The summed E-state index contributed by atoms with van der Waals surface area (Å²) < 4.78 is 18.5. The predicted molar refractivity (Wildman–Crippen MR) is 78.1 cm³/mol. The van der Waals surface area contributed by atoms with Crippen molar-refractivity contribution in [2.75, 3.05) is 24.6 Å². The first kappa shape index (κ1) is 15.1. The molecule has 1 amide bonds. The first-order chi connectivity index (χ1) is 9.45. The van der Waals surface area contributed by atoms with E-state index in [1.165, 1.54) is 23.9 Å². The summed E-state index contributed by atoms with van der Waals surface area (Å²) in [6.45, 7) is 5.15. The van der Waals surface area contributed by atoms with Crippen molar-refractivity contribution in [3.63, 3.8) is 0 Å². The lowest BCUT2D eigenvalue weighted by atomic mass is 10.2. The molecule has 4 nitrogen and oxygen atoms in total. The standard InChI is InChI=1S/C14H19FN2O2S/c1-9-6-17(7-10(2)19-9)14(18)8-20-13-4-3-11(15)5-12(13)16/h3-5,9-10H,6-8,16H2,1-2H3. The van der Waals surface area contributed by atoms with Gasteiger partial charge in [-0.25, -0.2) is 4.39 Å². The summed E-state index contributed by atoms with van der Waals surface area (Å²) in [5.41, 5.74) is 6.09. The van der Waals surface area contributed by atoms with Crippen molar-refractivity contribution >= 4 is 23.4 Å². The maximum atomic E-state index is 12.9. The molecule has 0 bridgehead atoms. The molecule has 110 valence electrons. The molecule has 20 heavy (non-hydrogen) atoms. The number of nitrogen functional groups attached to an aromatic ring is 1. The van der Waals surface area contributed by atoms with Crippen LogP contribution in [0.5, 0.6) is 0 Å². The molecule has 2 N–H and O–H groups in total. The van der Waals surface area contributed by atoms with Crippen molar-refractivity contribution in [1.82, 2.24) is 4.90 Å². The fourth-order valence-electron chi connectivity index (χ4n) is 2.26. The summed E-state index contributed by atoms with van der Waals surface area (Å²) in [7, 11) is 0. The number of carbonyl (C=O) groups is 1. The van der Waals surface area contributed by atoms with Gasteiger partial charge in [0.05, 0.1) is 18.0 Å². The summed E-state index contributed by atoms with van der Waals surface area (Å²) >= 11 is 1.34. The second-order valence-corrected chi connectivity index (χ2v) is 6.04. The van der Waals surface area contributed by atoms with Gasteiger partial charge in [-0.2, -0.15) is 0 Å². The van der Waals surface area contributed by atoms with E-state index in [0.29, 0.717) is 24.5 Å². The Kier molecular flexibility index (Phi) is 4.88. The smallest absolute Gasteiger partial charge is 0.233 e. The molecule has 2 unspecified atom stereocenters. The van der Waals surface area contributed by atoms with E-state index in [1.807, 2.05) is 18.7 Å². The number of carbonyl (C=O) groups excluding carboxylic acids is 1. The highest BCUT2D eigenvalue weighted by Crippen LogP contribution is 2.26. The average molecular weight is 298 g/mol. The Hall–Kier alpha value is -1.27. The number of hydrogen-bond acceptors (Lipinski definition) is 4. The highest BCUT2D eigenvalue weighted by Gasteiger charge is 2.25. The van der Waals surface area contributed by atoms with E-state index < -0.39 is 0 Å². The van der Waals surface area contributed by atoms with Gasteiger partial charge in [-0.15, -0.1) is 11.8 Å². The molecular weight excluding hydrogens is 279 g/mol. The molecule has 1 fully saturated rings. The molecule has 1 aliphatic rings. The normalized spacial score (nSPS) is 22.9. The number of morpholine rings is 1. The van der Waals surface area contributed by atoms with Crippen LogP contribution in [0.2, 0.25) is 0 Å². The summed E-state index contributed by atoms with van der Waals surface area (Å²) in [6.07, 6.45) is 0.118. The van der Waals surface area contributed by atoms with E-state index in [4.69, 9.17) is 10.5 Å². The van der Waals surface area contributed by atoms with E-state index in [9.17, 15) is 9.18 Å². The van der Waals surface area contributed by atoms with Crippen LogP contribution < -0.4 is 5.73 Å². The molecule has 0 aliphatic carbocycles. The van der Waals surface area contributed by atoms with Gasteiger partial charge in [0, 0.05) is 23.7 Å². The molecule has 6 heteroatoms. The van der Waals surface area contributed by atoms with Gasteiger partial charge in [-0.05, 0) is 32.0 Å². The second-order valence-electron chi connectivity index (χ2n) is 5.03. The summed E-state index contributed by atoms with van der Waals surface area (Å²) in [5.74, 6) is -0.00957. The first-order valence-electron chi connectivity index (χ1n) is 6.56. The Balaban J connectivity index is 1.91. The number of nitrogens with zero attached hydrogens (tertiary/aromatic N) is 1. The Morgan fingerprint density at radius 2 is 2.10 bits per heavy atom.